The van der Waals surface area contributed by atoms with Crippen LogP contribution in [0.1, 0.15) is 40.5 Å². The van der Waals surface area contributed by atoms with Crippen LogP contribution in [0.3, 0.4) is 0 Å². The van der Waals surface area contributed by atoms with Crippen molar-refractivity contribution in [1.29, 1.82) is 0 Å². The number of carbonyl (C=O) groups is 1. The van der Waals surface area contributed by atoms with Crippen molar-refractivity contribution < 1.29 is 9.90 Å². The first-order valence-electron chi connectivity index (χ1n) is 6.44. The van der Waals surface area contributed by atoms with Crippen molar-refractivity contribution in [2.24, 2.45) is 17.8 Å². The maximum atomic E-state index is 12.2. The molecular weight excluding hydrogens is 202 g/mol. The van der Waals surface area contributed by atoms with Crippen molar-refractivity contribution in [2.75, 3.05) is 13.1 Å². The molecule has 4 unspecified atom stereocenters. The van der Waals surface area contributed by atoms with Crippen LogP contribution in [0.15, 0.2) is 0 Å². The van der Waals surface area contributed by atoms with E-state index in [1.807, 2.05) is 18.7 Å². The van der Waals surface area contributed by atoms with Gasteiger partial charge in [-0.15, -0.1) is 0 Å². The second-order valence-electron chi connectivity index (χ2n) is 5.25. The van der Waals surface area contributed by atoms with E-state index >= 15 is 0 Å². The van der Waals surface area contributed by atoms with Crippen LogP contribution in [-0.4, -0.2) is 35.1 Å². The summed E-state index contributed by atoms with van der Waals surface area (Å²) in [6.45, 7) is 9.64. The van der Waals surface area contributed by atoms with Gasteiger partial charge in [0.15, 0.2) is 0 Å². The minimum atomic E-state index is -0.295. The van der Waals surface area contributed by atoms with Gasteiger partial charge in [0.25, 0.3) is 0 Å². The van der Waals surface area contributed by atoms with Crippen molar-refractivity contribution in [2.45, 2.75) is 46.6 Å². The molecule has 1 N–H and O–H groups in total. The number of rotatable bonds is 4. The highest BCUT2D eigenvalue weighted by atomic mass is 16.3. The van der Waals surface area contributed by atoms with E-state index in [0.29, 0.717) is 5.92 Å². The molecule has 0 aromatic rings. The summed E-state index contributed by atoms with van der Waals surface area (Å²) in [5.41, 5.74) is 0. The largest absolute Gasteiger partial charge is 0.393 e. The number of nitrogens with zero attached hydrogens (tertiary/aromatic N) is 1. The van der Waals surface area contributed by atoms with Gasteiger partial charge in [0, 0.05) is 24.9 Å². The summed E-state index contributed by atoms with van der Waals surface area (Å²) in [4.78, 5) is 14.1. The second kappa shape index (κ2) is 5.67. The SMILES string of the molecule is CCC(C)C(C)C(=O)N1CCC(C(C)O)C1. The quantitative estimate of drug-likeness (QED) is 0.797. The van der Waals surface area contributed by atoms with Gasteiger partial charge in [-0.25, -0.2) is 0 Å². The van der Waals surface area contributed by atoms with E-state index < -0.39 is 0 Å². The lowest BCUT2D eigenvalue weighted by atomic mass is 9.92. The zero-order chi connectivity index (χ0) is 12.3. The molecule has 0 radical (unpaired) electrons. The molecule has 1 amide bonds. The predicted octanol–water partition coefficient (Wildman–Crippen LogP) is 1.90. The summed E-state index contributed by atoms with van der Waals surface area (Å²) >= 11 is 0. The van der Waals surface area contributed by atoms with Crippen LogP contribution in [0.2, 0.25) is 0 Å². The molecule has 3 nitrogen and oxygen atoms in total. The van der Waals surface area contributed by atoms with E-state index in [2.05, 4.69) is 13.8 Å². The molecule has 1 heterocycles. The van der Waals surface area contributed by atoms with Gasteiger partial charge < -0.3 is 10.0 Å². The molecule has 1 rings (SSSR count). The number of amides is 1. The zero-order valence-corrected chi connectivity index (χ0v) is 10.9. The molecule has 16 heavy (non-hydrogen) atoms. The summed E-state index contributed by atoms with van der Waals surface area (Å²) in [6, 6.07) is 0. The highest BCUT2D eigenvalue weighted by Crippen LogP contribution is 2.24. The highest BCUT2D eigenvalue weighted by Gasteiger charge is 2.32. The van der Waals surface area contributed by atoms with Gasteiger partial charge in [-0.1, -0.05) is 27.2 Å². The summed E-state index contributed by atoms with van der Waals surface area (Å²) < 4.78 is 0. The van der Waals surface area contributed by atoms with E-state index in [1.54, 1.807) is 0 Å². The molecule has 1 aliphatic heterocycles. The predicted molar refractivity (Wildman–Crippen MR) is 65.0 cm³/mol. The summed E-state index contributed by atoms with van der Waals surface area (Å²) in [6.07, 6.45) is 1.69. The molecule has 3 heteroatoms. The number of aliphatic hydroxyl groups is 1. The molecule has 4 atom stereocenters. The first-order valence-corrected chi connectivity index (χ1v) is 6.44. The molecule has 1 aliphatic rings. The third kappa shape index (κ3) is 2.97. The Morgan fingerprint density at radius 3 is 2.50 bits per heavy atom. The average molecular weight is 227 g/mol. The van der Waals surface area contributed by atoms with E-state index in [-0.39, 0.29) is 23.8 Å². The van der Waals surface area contributed by atoms with Crippen molar-refractivity contribution in [3.8, 4) is 0 Å². The van der Waals surface area contributed by atoms with Gasteiger partial charge in [-0.2, -0.15) is 0 Å². The second-order valence-corrected chi connectivity index (χ2v) is 5.25. The fourth-order valence-electron chi connectivity index (χ4n) is 2.27. The van der Waals surface area contributed by atoms with E-state index in [0.717, 1.165) is 25.9 Å². The Balaban J connectivity index is 2.50. The van der Waals surface area contributed by atoms with Gasteiger partial charge in [-0.05, 0) is 19.3 Å². The van der Waals surface area contributed by atoms with Crippen molar-refractivity contribution >= 4 is 5.91 Å². The van der Waals surface area contributed by atoms with Crippen LogP contribution >= 0.6 is 0 Å². The lowest BCUT2D eigenvalue weighted by molar-refractivity contribution is -0.135. The fraction of sp³-hybridized carbons (Fsp3) is 0.923. The lowest BCUT2D eigenvalue weighted by Gasteiger charge is -2.24. The van der Waals surface area contributed by atoms with Gasteiger partial charge in [0.2, 0.25) is 5.91 Å². The maximum Gasteiger partial charge on any atom is 0.225 e. The highest BCUT2D eigenvalue weighted by molar-refractivity contribution is 5.79. The molecule has 0 aromatic heterocycles. The van der Waals surface area contributed by atoms with Crippen molar-refractivity contribution in [3.63, 3.8) is 0 Å². The Hall–Kier alpha value is -0.570. The lowest BCUT2D eigenvalue weighted by Crippen LogP contribution is -2.36. The topological polar surface area (TPSA) is 40.5 Å². The molecule has 0 aromatic carbocycles. The first-order chi connectivity index (χ1) is 7.47. The van der Waals surface area contributed by atoms with Gasteiger partial charge >= 0.3 is 0 Å². The molecule has 1 saturated heterocycles. The average Bonchev–Trinajstić information content (AvgIpc) is 2.75. The number of aliphatic hydroxyl groups excluding tert-OH is 1. The van der Waals surface area contributed by atoms with Gasteiger partial charge in [-0.3, -0.25) is 4.79 Å². The Kier molecular flexibility index (Phi) is 4.78. The molecule has 0 bridgehead atoms. The number of hydrogen-bond acceptors (Lipinski definition) is 2. The van der Waals surface area contributed by atoms with Gasteiger partial charge in [0.1, 0.15) is 0 Å². The monoisotopic (exact) mass is 227 g/mol. The van der Waals surface area contributed by atoms with Crippen LogP contribution in [0.4, 0.5) is 0 Å². The number of likely N-dealkylation sites (tertiary alicyclic amines) is 1. The summed E-state index contributed by atoms with van der Waals surface area (Å²) in [5.74, 6) is 1.08. The standard InChI is InChI=1S/C13H25NO2/c1-5-9(2)10(3)13(16)14-7-6-12(8-14)11(4)15/h9-12,15H,5-8H2,1-4H3. The Bertz CT molecular complexity index is 240. The van der Waals surface area contributed by atoms with Gasteiger partial charge in [0.05, 0.1) is 6.10 Å². The van der Waals surface area contributed by atoms with E-state index in [1.165, 1.54) is 0 Å². The van der Waals surface area contributed by atoms with Crippen LogP contribution < -0.4 is 0 Å². The van der Waals surface area contributed by atoms with E-state index in [4.69, 9.17) is 0 Å². The van der Waals surface area contributed by atoms with Crippen LogP contribution in [0.5, 0.6) is 0 Å². The Morgan fingerprint density at radius 1 is 1.44 bits per heavy atom. The molecule has 0 aliphatic carbocycles. The van der Waals surface area contributed by atoms with Crippen molar-refractivity contribution in [1.82, 2.24) is 4.90 Å². The molecule has 94 valence electrons. The van der Waals surface area contributed by atoms with Crippen LogP contribution in [0, 0.1) is 17.8 Å². The smallest absolute Gasteiger partial charge is 0.225 e. The summed E-state index contributed by atoms with van der Waals surface area (Å²) in [5, 5.41) is 9.51. The molecule has 0 spiro atoms. The van der Waals surface area contributed by atoms with E-state index in [9.17, 15) is 9.90 Å². The minimum Gasteiger partial charge on any atom is -0.393 e. The normalized spacial score (nSPS) is 26.6. The molecule has 1 fully saturated rings. The third-order valence-corrected chi connectivity index (χ3v) is 4.11. The van der Waals surface area contributed by atoms with Crippen LogP contribution in [0.25, 0.3) is 0 Å². The summed E-state index contributed by atoms with van der Waals surface area (Å²) in [7, 11) is 0. The molecular formula is C13H25NO2. The van der Waals surface area contributed by atoms with Crippen molar-refractivity contribution in [3.05, 3.63) is 0 Å². The zero-order valence-electron chi connectivity index (χ0n) is 10.9. The Labute approximate surface area is 98.8 Å². The maximum absolute atomic E-state index is 12.2. The number of carbonyl (C=O) groups excluding carboxylic acids is 1. The fourth-order valence-corrected chi connectivity index (χ4v) is 2.27. The minimum absolute atomic E-state index is 0.109. The number of hydrogen-bond donors (Lipinski definition) is 1. The third-order valence-electron chi connectivity index (χ3n) is 4.11. The Morgan fingerprint density at radius 2 is 2.06 bits per heavy atom. The van der Waals surface area contributed by atoms with Crippen LogP contribution in [-0.2, 0) is 4.79 Å². The molecule has 0 saturated carbocycles. The first kappa shape index (κ1) is 13.5.